The molecular formula is C14H24N4O. The Kier molecular flexibility index (Phi) is 4.04. The summed E-state index contributed by atoms with van der Waals surface area (Å²) in [6, 6.07) is -0.0125. The van der Waals surface area contributed by atoms with Crippen LogP contribution in [0.1, 0.15) is 45.9 Å². The summed E-state index contributed by atoms with van der Waals surface area (Å²) in [6.45, 7) is 7.05. The van der Waals surface area contributed by atoms with E-state index in [4.69, 9.17) is 5.73 Å². The topological polar surface area (TPSA) is 73.8 Å². The summed E-state index contributed by atoms with van der Waals surface area (Å²) in [7, 11) is 0. The summed E-state index contributed by atoms with van der Waals surface area (Å²) in [5, 5.41) is 4.20. The Morgan fingerprint density at radius 2 is 2.37 bits per heavy atom. The molecule has 0 bridgehead atoms. The Morgan fingerprint density at radius 1 is 1.63 bits per heavy atom. The third-order valence-electron chi connectivity index (χ3n) is 4.22. The van der Waals surface area contributed by atoms with Crippen LogP contribution in [-0.2, 0) is 17.8 Å². The maximum atomic E-state index is 12.5. The van der Waals surface area contributed by atoms with Gasteiger partial charge in [-0.15, -0.1) is 0 Å². The van der Waals surface area contributed by atoms with Crippen molar-refractivity contribution in [2.24, 2.45) is 17.1 Å². The van der Waals surface area contributed by atoms with Crippen LogP contribution in [0, 0.1) is 11.3 Å². The highest BCUT2D eigenvalue weighted by Gasteiger charge is 2.42. The Labute approximate surface area is 114 Å². The number of nitrogens with zero attached hydrogens (tertiary/aromatic N) is 3. The smallest absolute Gasteiger partial charge is 0.147 e. The standard InChI is InChI=1S/C14H24N4O/c1-10(2)8-18-13(16-9-17-18)7-12(19)14(3)6-4-5-11(14)15/h9-11H,4-8,15H2,1-3H3. The van der Waals surface area contributed by atoms with Gasteiger partial charge in [0.15, 0.2) is 0 Å². The number of rotatable bonds is 5. The van der Waals surface area contributed by atoms with Crippen LogP contribution in [0.15, 0.2) is 6.33 Å². The minimum absolute atomic E-state index is 0.0125. The summed E-state index contributed by atoms with van der Waals surface area (Å²) < 4.78 is 1.84. The van der Waals surface area contributed by atoms with Gasteiger partial charge < -0.3 is 5.73 Å². The molecule has 1 fully saturated rings. The fraction of sp³-hybridized carbons (Fsp3) is 0.786. The second-order valence-corrected chi connectivity index (χ2v) is 6.27. The Morgan fingerprint density at radius 3 is 2.95 bits per heavy atom. The highest BCUT2D eigenvalue weighted by molar-refractivity contribution is 5.87. The number of carbonyl (C=O) groups excluding carboxylic acids is 1. The minimum atomic E-state index is -0.380. The normalized spacial score (nSPS) is 27.1. The van der Waals surface area contributed by atoms with Crippen LogP contribution in [0.4, 0.5) is 0 Å². The molecule has 0 aliphatic heterocycles. The predicted molar refractivity (Wildman–Crippen MR) is 73.5 cm³/mol. The van der Waals surface area contributed by atoms with Crippen LogP contribution in [0.2, 0.25) is 0 Å². The summed E-state index contributed by atoms with van der Waals surface area (Å²) in [5.74, 6) is 1.45. The Balaban J connectivity index is 2.09. The van der Waals surface area contributed by atoms with Crippen LogP contribution in [0.3, 0.4) is 0 Å². The Bertz CT molecular complexity index is 454. The first kappa shape index (κ1) is 14.2. The lowest BCUT2D eigenvalue weighted by molar-refractivity contribution is -0.127. The molecule has 1 aliphatic rings. The van der Waals surface area contributed by atoms with Crippen LogP contribution < -0.4 is 5.73 Å². The number of ketones is 1. The van der Waals surface area contributed by atoms with Gasteiger partial charge in [-0.1, -0.05) is 27.2 Å². The van der Waals surface area contributed by atoms with Gasteiger partial charge in [0.2, 0.25) is 0 Å². The quantitative estimate of drug-likeness (QED) is 0.876. The average molecular weight is 264 g/mol. The number of Topliss-reactive ketones (excluding diaryl/α,β-unsaturated/α-hetero) is 1. The lowest BCUT2D eigenvalue weighted by atomic mass is 9.79. The van der Waals surface area contributed by atoms with E-state index in [1.165, 1.54) is 6.33 Å². The number of carbonyl (C=O) groups is 1. The van der Waals surface area contributed by atoms with Crippen molar-refractivity contribution in [3.8, 4) is 0 Å². The van der Waals surface area contributed by atoms with Crippen LogP contribution in [0.5, 0.6) is 0 Å². The molecule has 1 aliphatic carbocycles. The molecule has 2 unspecified atom stereocenters. The number of hydrogen-bond donors (Lipinski definition) is 1. The van der Waals surface area contributed by atoms with E-state index in [1.807, 2.05) is 11.6 Å². The largest absolute Gasteiger partial charge is 0.327 e. The third-order valence-corrected chi connectivity index (χ3v) is 4.22. The first-order chi connectivity index (χ1) is 8.93. The highest BCUT2D eigenvalue weighted by Crippen LogP contribution is 2.38. The molecular weight excluding hydrogens is 240 g/mol. The van der Waals surface area contributed by atoms with Gasteiger partial charge >= 0.3 is 0 Å². The van der Waals surface area contributed by atoms with Crippen molar-refractivity contribution < 1.29 is 4.79 Å². The van der Waals surface area contributed by atoms with Crippen molar-refractivity contribution in [2.75, 3.05) is 0 Å². The highest BCUT2D eigenvalue weighted by atomic mass is 16.1. The van der Waals surface area contributed by atoms with Gasteiger partial charge in [0.05, 0.1) is 6.42 Å². The lowest BCUT2D eigenvalue weighted by Gasteiger charge is -2.27. The van der Waals surface area contributed by atoms with E-state index in [0.29, 0.717) is 12.3 Å². The monoisotopic (exact) mass is 264 g/mol. The van der Waals surface area contributed by atoms with Crippen molar-refractivity contribution in [1.82, 2.24) is 14.8 Å². The van der Waals surface area contributed by atoms with E-state index in [2.05, 4.69) is 23.9 Å². The molecule has 2 atom stereocenters. The molecule has 0 aromatic carbocycles. The molecule has 0 amide bonds. The molecule has 5 nitrogen and oxygen atoms in total. The van der Waals surface area contributed by atoms with Gasteiger partial charge in [0, 0.05) is 18.0 Å². The maximum absolute atomic E-state index is 12.5. The van der Waals surface area contributed by atoms with Gasteiger partial charge in [0.1, 0.15) is 17.9 Å². The number of aromatic nitrogens is 3. The molecule has 0 radical (unpaired) electrons. The van der Waals surface area contributed by atoms with Crippen molar-refractivity contribution in [3.05, 3.63) is 12.2 Å². The zero-order valence-corrected chi connectivity index (χ0v) is 12.1. The first-order valence-corrected chi connectivity index (χ1v) is 7.09. The van der Waals surface area contributed by atoms with E-state index in [9.17, 15) is 4.79 Å². The number of hydrogen-bond acceptors (Lipinski definition) is 4. The average Bonchev–Trinajstić information content (AvgIpc) is 2.88. The fourth-order valence-electron chi connectivity index (χ4n) is 2.81. The predicted octanol–water partition coefficient (Wildman–Crippen LogP) is 1.56. The molecule has 0 spiro atoms. The van der Waals surface area contributed by atoms with Gasteiger partial charge in [-0.2, -0.15) is 5.10 Å². The fourth-order valence-corrected chi connectivity index (χ4v) is 2.81. The van der Waals surface area contributed by atoms with Crippen molar-refractivity contribution in [1.29, 1.82) is 0 Å². The van der Waals surface area contributed by atoms with E-state index in [1.54, 1.807) is 0 Å². The number of nitrogens with two attached hydrogens (primary N) is 1. The minimum Gasteiger partial charge on any atom is -0.327 e. The molecule has 1 heterocycles. The van der Waals surface area contributed by atoms with Gasteiger partial charge in [-0.25, -0.2) is 9.67 Å². The molecule has 0 saturated heterocycles. The lowest BCUT2D eigenvalue weighted by Crippen LogP contribution is -2.42. The molecule has 1 aromatic rings. The van der Waals surface area contributed by atoms with Gasteiger partial charge in [-0.05, 0) is 18.8 Å². The second kappa shape index (κ2) is 5.41. The van der Waals surface area contributed by atoms with E-state index >= 15 is 0 Å². The van der Waals surface area contributed by atoms with Crippen molar-refractivity contribution in [3.63, 3.8) is 0 Å². The summed E-state index contributed by atoms with van der Waals surface area (Å²) in [6.07, 6.45) is 4.76. The van der Waals surface area contributed by atoms with Crippen LogP contribution in [-0.4, -0.2) is 26.6 Å². The van der Waals surface area contributed by atoms with Gasteiger partial charge in [0.25, 0.3) is 0 Å². The zero-order valence-electron chi connectivity index (χ0n) is 12.1. The Hall–Kier alpha value is -1.23. The van der Waals surface area contributed by atoms with Crippen LogP contribution in [0.25, 0.3) is 0 Å². The molecule has 2 rings (SSSR count). The summed E-state index contributed by atoms with van der Waals surface area (Å²) in [4.78, 5) is 16.7. The molecule has 2 N–H and O–H groups in total. The van der Waals surface area contributed by atoms with Crippen molar-refractivity contribution >= 4 is 5.78 Å². The SMILES string of the molecule is CC(C)Cn1ncnc1CC(=O)C1(C)CCCC1N. The molecule has 1 aromatic heterocycles. The maximum Gasteiger partial charge on any atom is 0.147 e. The third kappa shape index (κ3) is 2.86. The molecule has 5 heteroatoms. The molecule has 19 heavy (non-hydrogen) atoms. The van der Waals surface area contributed by atoms with Crippen LogP contribution >= 0.6 is 0 Å². The molecule has 106 valence electrons. The zero-order chi connectivity index (χ0) is 14.0. The van der Waals surface area contributed by atoms with E-state index in [-0.39, 0.29) is 17.2 Å². The van der Waals surface area contributed by atoms with E-state index < -0.39 is 0 Å². The van der Waals surface area contributed by atoms with Crippen molar-refractivity contribution in [2.45, 2.75) is 59.0 Å². The summed E-state index contributed by atoms with van der Waals surface area (Å²) in [5.41, 5.74) is 5.72. The molecule has 1 saturated carbocycles. The second-order valence-electron chi connectivity index (χ2n) is 6.27. The summed E-state index contributed by atoms with van der Waals surface area (Å²) >= 11 is 0. The first-order valence-electron chi connectivity index (χ1n) is 7.09. The van der Waals surface area contributed by atoms with Gasteiger partial charge in [-0.3, -0.25) is 4.79 Å². The van der Waals surface area contributed by atoms with E-state index in [0.717, 1.165) is 31.6 Å².